The van der Waals surface area contributed by atoms with Crippen molar-refractivity contribution in [2.24, 2.45) is 5.92 Å². The van der Waals surface area contributed by atoms with E-state index in [0.29, 0.717) is 0 Å². The van der Waals surface area contributed by atoms with Crippen molar-refractivity contribution >= 4 is 22.6 Å². The Balaban J connectivity index is 2.89. The molecule has 0 saturated heterocycles. The van der Waals surface area contributed by atoms with Gasteiger partial charge in [0.05, 0.1) is 6.10 Å². The van der Waals surface area contributed by atoms with Crippen LogP contribution in [0.2, 0.25) is 0 Å². The second-order valence-corrected chi connectivity index (χ2v) is 4.86. The number of aliphatic hydroxyl groups excluding tert-OH is 2. The summed E-state index contributed by atoms with van der Waals surface area (Å²) < 4.78 is 0.984. The minimum atomic E-state index is -0.789. The van der Waals surface area contributed by atoms with E-state index < -0.39 is 12.2 Å². The van der Waals surface area contributed by atoms with Gasteiger partial charge in [-0.1, -0.05) is 32.0 Å². The average Bonchev–Trinajstić information content (AvgIpc) is 2.16. The maximum Gasteiger partial charge on any atom is 0.106 e. The largest absolute Gasteiger partial charge is 0.390 e. The second kappa shape index (κ2) is 5.09. The van der Waals surface area contributed by atoms with Crippen LogP contribution >= 0.6 is 22.6 Å². The molecule has 0 aliphatic rings. The third kappa shape index (κ3) is 2.68. The van der Waals surface area contributed by atoms with Crippen LogP contribution in [0.1, 0.15) is 25.5 Å². The van der Waals surface area contributed by atoms with Crippen LogP contribution < -0.4 is 0 Å². The Labute approximate surface area is 98.1 Å². The summed E-state index contributed by atoms with van der Waals surface area (Å²) >= 11 is 2.16. The van der Waals surface area contributed by atoms with Gasteiger partial charge in [-0.3, -0.25) is 0 Å². The van der Waals surface area contributed by atoms with Gasteiger partial charge < -0.3 is 10.2 Å². The third-order valence-electron chi connectivity index (χ3n) is 2.23. The van der Waals surface area contributed by atoms with Crippen LogP contribution in [0.3, 0.4) is 0 Å². The highest BCUT2D eigenvalue weighted by atomic mass is 127. The summed E-state index contributed by atoms with van der Waals surface area (Å²) in [5.41, 5.74) is 0.800. The van der Waals surface area contributed by atoms with E-state index in [0.717, 1.165) is 9.13 Å². The van der Waals surface area contributed by atoms with Crippen molar-refractivity contribution in [3.63, 3.8) is 0 Å². The molecular formula is C11H15IO2. The van der Waals surface area contributed by atoms with E-state index in [1.54, 1.807) is 0 Å². The summed E-state index contributed by atoms with van der Waals surface area (Å²) in [6.07, 6.45) is -1.49. The molecule has 78 valence electrons. The molecule has 3 heteroatoms. The Bertz CT molecular complexity index is 299. The molecule has 0 aromatic heterocycles. The number of benzene rings is 1. The fraction of sp³-hybridized carbons (Fsp3) is 0.455. The first-order valence-corrected chi connectivity index (χ1v) is 5.72. The summed E-state index contributed by atoms with van der Waals surface area (Å²) in [4.78, 5) is 0. The first-order valence-electron chi connectivity index (χ1n) is 4.64. The molecule has 1 aromatic carbocycles. The van der Waals surface area contributed by atoms with Gasteiger partial charge in [0.15, 0.2) is 0 Å². The zero-order chi connectivity index (χ0) is 10.7. The van der Waals surface area contributed by atoms with Crippen molar-refractivity contribution in [3.8, 4) is 0 Å². The maximum absolute atomic E-state index is 9.89. The maximum atomic E-state index is 9.89. The number of hydrogen-bond acceptors (Lipinski definition) is 2. The predicted molar refractivity (Wildman–Crippen MR) is 65.0 cm³/mol. The van der Waals surface area contributed by atoms with Crippen molar-refractivity contribution < 1.29 is 10.2 Å². The monoisotopic (exact) mass is 306 g/mol. The van der Waals surface area contributed by atoms with Crippen LogP contribution in [0.4, 0.5) is 0 Å². The average molecular weight is 306 g/mol. The van der Waals surface area contributed by atoms with E-state index in [9.17, 15) is 10.2 Å². The lowest BCUT2D eigenvalue weighted by atomic mass is 9.96. The van der Waals surface area contributed by atoms with Gasteiger partial charge in [-0.2, -0.15) is 0 Å². The fourth-order valence-electron chi connectivity index (χ4n) is 1.26. The lowest BCUT2D eigenvalue weighted by molar-refractivity contribution is -0.00981. The molecule has 0 aliphatic carbocycles. The number of rotatable bonds is 3. The first-order chi connectivity index (χ1) is 6.54. The lowest BCUT2D eigenvalue weighted by Crippen LogP contribution is -2.24. The van der Waals surface area contributed by atoms with Crippen LogP contribution in [0, 0.1) is 9.49 Å². The minimum Gasteiger partial charge on any atom is -0.390 e. The van der Waals surface area contributed by atoms with Crippen molar-refractivity contribution in [1.29, 1.82) is 0 Å². The minimum absolute atomic E-state index is 0.0565. The molecule has 1 rings (SSSR count). The zero-order valence-corrected chi connectivity index (χ0v) is 10.5. The predicted octanol–water partition coefficient (Wildman–Crippen LogP) is 2.34. The van der Waals surface area contributed by atoms with E-state index in [4.69, 9.17) is 0 Å². The second-order valence-electron chi connectivity index (χ2n) is 3.70. The molecule has 0 radical (unpaired) electrons. The van der Waals surface area contributed by atoms with E-state index >= 15 is 0 Å². The molecular weight excluding hydrogens is 291 g/mol. The molecule has 0 bridgehead atoms. The van der Waals surface area contributed by atoms with Gasteiger partial charge in [-0.15, -0.1) is 0 Å². The highest BCUT2D eigenvalue weighted by Gasteiger charge is 2.22. The summed E-state index contributed by atoms with van der Waals surface area (Å²) in [5.74, 6) is 0.0565. The SMILES string of the molecule is CC(C)C(O)[C@@H](O)c1ccccc1I. The van der Waals surface area contributed by atoms with Crippen LogP contribution in [0.5, 0.6) is 0 Å². The Kier molecular flexibility index (Phi) is 4.34. The smallest absolute Gasteiger partial charge is 0.106 e. The quantitative estimate of drug-likeness (QED) is 0.842. The third-order valence-corrected chi connectivity index (χ3v) is 3.21. The van der Waals surface area contributed by atoms with Gasteiger partial charge in [0.1, 0.15) is 6.10 Å². The highest BCUT2D eigenvalue weighted by molar-refractivity contribution is 14.1. The molecule has 2 N–H and O–H groups in total. The molecule has 0 heterocycles. The Hall–Kier alpha value is -0.130. The Morgan fingerprint density at radius 1 is 1.14 bits per heavy atom. The molecule has 2 nitrogen and oxygen atoms in total. The van der Waals surface area contributed by atoms with Crippen LogP contribution in [-0.4, -0.2) is 16.3 Å². The van der Waals surface area contributed by atoms with Crippen molar-refractivity contribution in [1.82, 2.24) is 0 Å². The zero-order valence-electron chi connectivity index (χ0n) is 8.31. The van der Waals surface area contributed by atoms with Crippen LogP contribution in [0.15, 0.2) is 24.3 Å². The van der Waals surface area contributed by atoms with E-state index in [2.05, 4.69) is 22.6 Å². The number of halogens is 1. The first kappa shape index (κ1) is 11.9. The molecule has 2 atom stereocenters. The lowest BCUT2D eigenvalue weighted by Gasteiger charge is -2.22. The molecule has 0 amide bonds. The van der Waals surface area contributed by atoms with E-state index in [1.165, 1.54) is 0 Å². The summed E-state index contributed by atoms with van der Waals surface area (Å²) in [5, 5.41) is 19.6. The topological polar surface area (TPSA) is 40.5 Å². The van der Waals surface area contributed by atoms with Gasteiger partial charge in [-0.05, 0) is 40.1 Å². The molecule has 1 unspecified atom stereocenters. The van der Waals surface area contributed by atoms with Crippen molar-refractivity contribution in [2.45, 2.75) is 26.1 Å². The van der Waals surface area contributed by atoms with E-state index in [1.807, 2.05) is 38.1 Å². The normalized spacial score (nSPS) is 15.6. The standard InChI is InChI=1S/C11H15IO2/c1-7(2)10(13)11(14)8-5-3-4-6-9(8)12/h3-7,10-11,13-14H,1-2H3/t10?,11-/m0/s1. The Morgan fingerprint density at radius 2 is 1.71 bits per heavy atom. The fourth-order valence-corrected chi connectivity index (χ4v) is 1.97. The molecule has 0 spiro atoms. The molecule has 14 heavy (non-hydrogen) atoms. The van der Waals surface area contributed by atoms with Crippen molar-refractivity contribution in [3.05, 3.63) is 33.4 Å². The van der Waals surface area contributed by atoms with Gasteiger partial charge >= 0.3 is 0 Å². The number of hydrogen-bond donors (Lipinski definition) is 2. The van der Waals surface area contributed by atoms with Crippen molar-refractivity contribution in [2.75, 3.05) is 0 Å². The molecule has 0 saturated carbocycles. The van der Waals surface area contributed by atoms with Crippen LogP contribution in [-0.2, 0) is 0 Å². The molecule has 0 fully saturated rings. The Morgan fingerprint density at radius 3 is 2.21 bits per heavy atom. The summed E-state index contributed by atoms with van der Waals surface area (Å²) in [6.45, 7) is 3.79. The van der Waals surface area contributed by atoms with E-state index in [-0.39, 0.29) is 5.92 Å². The number of aliphatic hydroxyl groups is 2. The van der Waals surface area contributed by atoms with Gasteiger partial charge in [-0.25, -0.2) is 0 Å². The molecule has 1 aromatic rings. The summed E-state index contributed by atoms with van der Waals surface area (Å²) in [7, 11) is 0. The van der Waals surface area contributed by atoms with Crippen LogP contribution in [0.25, 0.3) is 0 Å². The van der Waals surface area contributed by atoms with Gasteiger partial charge in [0, 0.05) is 3.57 Å². The highest BCUT2D eigenvalue weighted by Crippen LogP contribution is 2.25. The van der Waals surface area contributed by atoms with Gasteiger partial charge in [0.2, 0.25) is 0 Å². The van der Waals surface area contributed by atoms with Gasteiger partial charge in [0.25, 0.3) is 0 Å². The summed E-state index contributed by atoms with van der Waals surface area (Å²) in [6, 6.07) is 7.55. The molecule has 0 aliphatic heterocycles.